The number of hydrogen-bond acceptors (Lipinski definition) is 3. The Bertz CT molecular complexity index is 972. The molecule has 28 heavy (non-hydrogen) atoms. The molecule has 0 aliphatic carbocycles. The number of rotatable bonds is 6. The number of nitrogens with zero attached hydrogens (tertiary/aromatic N) is 3. The Hall–Kier alpha value is -2.87. The van der Waals surface area contributed by atoms with Crippen molar-refractivity contribution in [1.29, 1.82) is 0 Å². The molecule has 0 saturated carbocycles. The predicted octanol–water partition coefficient (Wildman–Crippen LogP) is 3.97. The topological polar surface area (TPSA) is 59.8 Å². The third-order valence-corrected chi connectivity index (χ3v) is 4.38. The highest BCUT2D eigenvalue weighted by Gasteiger charge is 2.30. The fourth-order valence-electron chi connectivity index (χ4n) is 2.59. The lowest BCUT2D eigenvalue weighted by atomic mass is 10.1. The first-order valence-corrected chi connectivity index (χ1v) is 8.78. The van der Waals surface area contributed by atoms with Gasteiger partial charge in [-0.25, -0.2) is 4.68 Å². The van der Waals surface area contributed by atoms with Gasteiger partial charge in [0.2, 0.25) is 0 Å². The molecule has 0 aliphatic rings. The highest BCUT2D eigenvalue weighted by Crippen LogP contribution is 2.29. The van der Waals surface area contributed by atoms with Crippen molar-refractivity contribution in [2.45, 2.75) is 19.1 Å². The summed E-state index contributed by atoms with van der Waals surface area (Å²) in [7, 11) is 0. The highest BCUT2D eigenvalue weighted by molar-refractivity contribution is 6.31. The summed E-state index contributed by atoms with van der Waals surface area (Å²) in [6, 6.07) is 12.3. The predicted molar refractivity (Wildman–Crippen MR) is 98.1 cm³/mol. The van der Waals surface area contributed by atoms with Crippen LogP contribution in [0.3, 0.4) is 0 Å². The Kier molecular flexibility index (Phi) is 5.99. The second-order valence-electron chi connectivity index (χ2n) is 6.10. The van der Waals surface area contributed by atoms with E-state index in [1.165, 1.54) is 16.9 Å². The number of nitrogens with one attached hydrogen (secondary N) is 1. The average molecular weight is 409 g/mol. The zero-order valence-corrected chi connectivity index (χ0v) is 15.3. The molecule has 5 nitrogen and oxygen atoms in total. The molecular weight excluding hydrogens is 393 g/mol. The third-order valence-electron chi connectivity index (χ3n) is 4.02. The van der Waals surface area contributed by atoms with Crippen LogP contribution >= 0.6 is 11.6 Å². The number of aromatic nitrogens is 3. The molecule has 1 heterocycles. The standard InChI is InChI=1S/C19H16ClF3N4O/c20-16-7-2-1-5-14(16)11-27-12-17(25-26-27)18(28)24-9-8-13-4-3-6-15(10-13)19(21,22)23/h1-7,10,12H,8-9,11H2,(H,24,28). The van der Waals surface area contributed by atoms with Crippen LogP contribution < -0.4 is 5.32 Å². The van der Waals surface area contributed by atoms with Gasteiger partial charge in [-0.05, 0) is 29.7 Å². The number of alkyl halides is 3. The molecule has 0 unspecified atom stereocenters. The molecule has 9 heteroatoms. The van der Waals surface area contributed by atoms with Crippen molar-refractivity contribution < 1.29 is 18.0 Å². The zero-order chi connectivity index (χ0) is 20.1. The smallest absolute Gasteiger partial charge is 0.350 e. The van der Waals surface area contributed by atoms with E-state index in [0.29, 0.717) is 17.1 Å². The summed E-state index contributed by atoms with van der Waals surface area (Å²) in [5.41, 5.74) is 0.734. The maximum atomic E-state index is 12.7. The van der Waals surface area contributed by atoms with Gasteiger partial charge in [-0.3, -0.25) is 4.79 Å². The van der Waals surface area contributed by atoms with Gasteiger partial charge in [-0.1, -0.05) is 53.2 Å². The van der Waals surface area contributed by atoms with E-state index in [9.17, 15) is 18.0 Å². The van der Waals surface area contributed by atoms with Gasteiger partial charge in [-0.2, -0.15) is 13.2 Å². The van der Waals surface area contributed by atoms with Crippen molar-refractivity contribution in [2.24, 2.45) is 0 Å². The largest absolute Gasteiger partial charge is 0.416 e. The molecular formula is C19H16ClF3N4O. The molecule has 3 aromatic rings. The van der Waals surface area contributed by atoms with Crippen LogP contribution in [0.4, 0.5) is 13.2 Å². The molecule has 1 aromatic heterocycles. The van der Waals surface area contributed by atoms with Gasteiger partial charge in [0.25, 0.3) is 5.91 Å². The molecule has 1 amide bonds. The van der Waals surface area contributed by atoms with Crippen LogP contribution in [0.1, 0.15) is 27.2 Å². The monoisotopic (exact) mass is 408 g/mol. The van der Waals surface area contributed by atoms with E-state index in [1.54, 1.807) is 12.1 Å². The van der Waals surface area contributed by atoms with Crippen LogP contribution in [-0.2, 0) is 19.1 Å². The van der Waals surface area contributed by atoms with Crippen LogP contribution in [-0.4, -0.2) is 27.4 Å². The molecule has 0 fully saturated rings. The van der Waals surface area contributed by atoms with Gasteiger partial charge >= 0.3 is 6.18 Å². The Morgan fingerprint density at radius 2 is 1.93 bits per heavy atom. The Morgan fingerprint density at radius 3 is 2.68 bits per heavy atom. The van der Waals surface area contributed by atoms with Crippen LogP contribution in [0.2, 0.25) is 5.02 Å². The number of amides is 1. The van der Waals surface area contributed by atoms with E-state index in [2.05, 4.69) is 15.6 Å². The molecule has 0 bridgehead atoms. The summed E-state index contributed by atoms with van der Waals surface area (Å²) in [6.07, 6.45) is -2.63. The Morgan fingerprint density at radius 1 is 1.14 bits per heavy atom. The first kappa shape index (κ1) is 19.9. The van der Waals surface area contributed by atoms with Crippen molar-refractivity contribution in [1.82, 2.24) is 20.3 Å². The SMILES string of the molecule is O=C(NCCc1cccc(C(F)(F)F)c1)c1cn(Cc2ccccc2Cl)nn1. The minimum atomic E-state index is -4.39. The summed E-state index contributed by atoms with van der Waals surface area (Å²) < 4.78 is 39.7. The van der Waals surface area contributed by atoms with Gasteiger partial charge < -0.3 is 5.32 Å². The highest BCUT2D eigenvalue weighted by atomic mass is 35.5. The lowest BCUT2D eigenvalue weighted by molar-refractivity contribution is -0.137. The number of benzene rings is 2. The van der Waals surface area contributed by atoms with E-state index in [-0.39, 0.29) is 18.7 Å². The summed E-state index contributed by atoms with van der Waals surface area (Å²) in [5, 5.41) is 10.9. The van der Waals surface area contributed by atoms with Gasteiger partial charge in [-0.15, -0.1) is 5.10 Å². The third kappa shape index (κ3) is 5.10. The van der Waals surface area contributed by atoms with Crippen LogP contribution in [0.5, 0.6) is 0 Å². The fourth-order valence-corrected chi connectivity index (χ4v) is 2.79. The average Bonchev–Trinajstić information content (AvgIpc) is 3.12. The molecule has 0 aliphatic heterocycles. The van der Waals surface area contributed by atoms with E-state index < -0.39 is 17.6 Å². The fraction of sp³-hybridized carbons (Fsp3) is 0.211. The maximum Gasteiger partial charge on any atom is 0.416 e. The van der Waals surface area contributed by atoms with E-state index in [0.717, 1.165) is 17.7 Å². The number of carbonyl (C=O) groups is 1. The Labute approximate surface area is 164 Å². The Balaban J connectivity index is 1.55. The van der Waals surface area contributed by atoms with Crippen LogP contribution in [0.15, 0.2) is 54.7 Å². The van der Waals surface area contributed by atoms with Crippen molar-refractivity contribution in [3.05, 3.63) is 82.1 Å². The minimum Gasteiger partial charge on any atom is -0.350 e. The lowest BCUT2D eigenvalue weighted by Crippen LogP contribution is -2.26. The van der Waals surface area contributed by atoms with Crippen LogP contribution in [0.25, 0.3) is 0 Å². The van der Waals surface area contributed by atoms with E-state index >= 15 is 0 Å². The molecule has 3 rings (SSSR count). The van der Waals surface area contributed by atoms with Crippen molar-refractivity contribution in [2.75, 3.05) is 6.54 Å². The lowest BCUT2D eigenvalue weighted by Gasteiger charge is -2.09. The van der Waals surface area contributed by atoms with Crippen molar-refractivity contribution >= 4 is 17.5 Å². The summed E-state index contributed by atoms with van der Waals surface area (Å²) in [4.78, 5) is 12.2. The summed E-state index contributed by atoms with van der Waals surface area (Å²) in [5.74, 6) is -0.447. The van der Waals surface area contributed by atoms with Crippen molar-refractivity contribution in [3.8, 4) is 0 Å². The summed E-state index contributed by atoms with van der Waals surface area (Å²) in [6.45, 7) is 0.543. The molecule has 0 radical (unpaired) electrons. The molecule has 1 N–H and O–H groups in total. The van der Waals surface area contributed by atoms with Crippen LogP contribution in [0, 0.1) is 0 Å². The number of hydrogen-bond donors (Lipinski definition) is 1. The summed E-state index contributed by atoms with van der Waals surface area (Å²) >= 11 is 6.10. The van der Waals surface area contributed by atoms with Gasteiger partial charge in [0.1, 0.15) is 0 Å². The number of halogens is 4. The van der Waals surface area contributed by atoms with E-state index in [1.807, 2.05) is 18.2 Å². The first-order chi connectivity index (χ1) is 13.3. The van der Waals surface area contributed by atoms with Gasteiger partial charge in [0.15, 0.2) is 5.69 Å². The first-order valence-electron chi connectivity index (χ1n) is 8.41. The molecule has 0 atom stereocenters. The zero-order valence-electron chi connectivity index (χ0n) is 14.6. The minimum absolute atomic E-state index is 0.121. The quantitative estimate of drug-likeness (QED) is 0.671. The van der Waals surface area contributed by atoms with Gasteiger partial charge in [0.05, 0.1) is 18.3 Å². The second kappa shape index (κ2) is 8.43. The van der Waals surface area contributed by atoms with E-state index in [4.69, 9.17) is 11.6 Å². The number of carbonyl (C=O) groups excluding carboxylic acids is 1. The van der Waals surface area contributed by atoms with Gasteiger partial charge in [0, 0.05) is 11.6 Å². The molecule has 2 aromatic carbocycles. The normalized spacial score (nSPS) is 11.4. The van der Waals surface area contributed by atoms with Crippen molar-refractivity contribution in [3.63, 3.8) is 0 Å². The molecule has 0 spiro atoms. The maximum absolute atomic E-state index is 12.7. The second-order valence-corrected chi connectivity index (χ2v) is 6.50. The molecule has 0 saturated heterocycles. The molecule has 146 valence electrons.